The smallest absolute Gasteiger partial charge is 0.430 e. The zero-order valence-corrected chi connectivity index (χ0v) is 7.88. The predicted molar refractivity (Wildman–Crippen MR) is 52.1 cm³/mol. The van der Waals surface area contributed by atoms with Crippen LogP contribution in [0.2, 0.25) is 0 Å². The molecule has 1 aromatic heterocycles. The fourth-order valence-corrected chi connectivity index (χ4v) is 1.33. The van der Waals surface area contributed by atoms with E-state index >= 15 is 0 Å². The first-order valence-corrected chi connectivity index (χ1v) is 4.44. The van der Waals surface area contributed by atoms with Gasteiger partial charge < -0.3 is 4.74 Å². The normalized spacial score (nSPS) is 13.9. The molecule has 1 aliphatic heterocycles. The Kier molecular flexibility index (Phi) is 2.22. The monoisotopic (exact) mass is 193 g/mol. The highest BCUT2D eigenvalue weighted by Gasteiger charge is 2.19. The SMILES string of the molecule is CCOC(=O)N1CN=Cc2cccn21. The van der Waals surface area contributed by atoms with Crippen LogP contribution in [-0.2, 0) is 4.74 Å². The second-order valence-electron chi connectivity index (χ2n) is 2.83. The molecule has 0 aromatic carbocycles. The van der Waals surface area contributed by atoms with Gasteiger partial charge in [-0.1, -0.05) is 0 Å². The molecule has 1 amide bonds. The molecular formula is C9H11N3O2. The van der Waals surface area contributed by atoms with Gasteiger partial charge in [-0.2, -0.15) is 5.01 Å². The topological polar surface area (TPSA) is 46.8 Å². The fourth-order valence-electron chi connectivity index (χ4n) is 1.33. The number of fused-ring (bicyclic) bond motifs is 1. The van der Waals surface area contributed by atoms with Gasteiger partial charge >= 0.3 is 6.09 Å². The van der Waals surface area contributed by atoms with E-state index in [4.69, 9.17) is 4.74 Å². The molecule has 2 rings (SSSR count). The molecule has 0 spiro atoms. The summed E-state index contributed by atoms with van der Waals surface area (Å²) in [6, 6.07) is 3.74. The summed E-state index contributed by atoms with van der Waals surface area (Å²) in [5.41, 5.74) is 0.879. The van der Waals surface area contributed by atoms with Crippen LogP contribution < -0.4 is 5.01 Å². The van der Waals surface area contributed by atoms with Crippen molar-refractivity contribution < 1.29 is 9.53 Å². The molecule has 1 aliphatic rings. The van der Waals surface area contributed by atoms with Crippen molar-refractivity contribution in [3.8, 4) is 0 Å². The number of hydrogen-bond donors (Lipinski definition) is 0. The first-order chi connectivity index (χ1) is 6.83. The highest BCUT2D eigenvalue weighted by molar-refractivity contribution is 5.85. The van der Waals surface area contributed by atoms with E-state index in [1.165, 1.54) is 5.01 Å². The molecule has 0 bridgehead atoms. The van der Waals surface area contributed by atoms with Gasteiger partial charge in [0, 0.05) is 12.4 Å². The lowest BCUT2D eigenvalue weighted by molar-refractivity contribution is 0.153. The summed E-state index contributed by atoms with van der Waals surface area (Å²) in [6.07, 6.45) is 3.16. The number of carbonyl (C=O) groups is 1. The van der Waals surface area contributed by atoms with Gasteiger partial charge in [0.2, 0.25) is 0 Å². The van der Waals surface area contributed by atoms with Crippen LogP contribution in [0.25, 0.3) is 0 Å². The zero-order chi connectivity index (χ0) is 9.97. The van der Waals surface area contributed by atoms with Crippen molar-refractivity contribution in [2.45, 2.75) is 6.92 Å². The summed E-state index contributed by atoms with van der Waals surface area (Å²) in [7, 11) is 0. The van der Waals surface area contributed by atoms with Crippen molar-refractivity contribution in [2.75, 3.05) is 18.3 Å². The van der Waals surface area contributed by atoms with Crippen LogP contribution in [0.15, 0.2) is 23.3 Å². The van der Waals surface area contributed by atoms with E-state index in [1.54, 1.807) is 24.0 Å². The molecule has 14 heavy (non-hydrogen) atoms. The van der Waals surface area contributed by atoms with Gasteiger partial charge in [-0.15, -0.1) is 0 Å². The van der Waals surface area contributed by atoms with E-state index in [0.717, 1.165) is 5.69 Å². The van der Waals surface area contributed by atoms with Gasteiger partial charge in [0.05, 0.1) is 12.3 Å². The molecule has 0 aliphatic carbocycles. The predicted octanol–water partition coefficient (Wildman–Crippen LogP) is 0.973. The summed E-state index contributed by atoms with van der Waals surface area (Å²) >= 11 is 0. The quantitative estimate of drug-likeness (QED) is 0.667. The zero-order valence-electron chi connectivity index (χ0n) is 7.88. The Hall–Kier alpha value is -1.78. The molecule has 5 heteroatoms. The van der Waals surface area contributed by atoms with Gasteiger partial charge in [-0.25, -0.2) is 4.79 Å². The molecule has 0 fully saturated rings. The van der Waals surface area contributed by atoms with Crippen molar-refractivity contribution in [1.82, 2.24) is 4.68 Å². The number of rotatable bonds is 1. The van der Waals surface area contributed by atoms with Gasteiger partial charge in [-0.3, -0.25) is 9.67 Å². The Morgan fingerprint density at radius 2 is 2.57 bits per heavy atom. The Morgan fingerprint density at radius 1 is 1.71 bits per heavy atom. The third kappa shape index (κ3) is 1.37. The average molecular weight is 193 g/mol. The number of nitrogens with zero attached hydrogens (tertiary/aromatic N) is 3. The largest absolute Gasteiger partial charge is 0.448 e. The lowest BCUT2D eigenvalue weighted by Gasteiger charge is -2.24. The minimum absolute atomic E-state index is 0.306. The van der Waals surface area contributed by atoms with Crippen molar-refractivity contribution in [2.24, 2.45) is 4.99 Å². The number of aromatic nitrogens is 1. The Balaban J connectivity index is 2.24. The molecule has 74 valence electrons. The van der Waals surface area contributed by atoms with E-state index in [0.29, 0.717) is 13.3 Å². The maximum absolute atomic E-state index is 11.5. The lowest BCUT2D eigenvalue weighted by Crippen LogP contribution is -2.43. The number of carbonyl (C=O) groups excluding carboxylic acids is 1. The molecule has 1 aromatic rings. The standard InChI is InChI=1S/C9H11N3O2/c1-2-14-9(13)12-7-10-6-8-4-3-5-11(8)12/h3-6H,2,7H2,1H3. The van der Waals surface area contributed by atoms with Crippen LogP contribution in [0.3, 0.4) is 0 Å². The summed E-state index contributed by atoms with van der Waals surface area (Å²) in [6.45, 7) is 2.46. The summed E-state index contributed by atoms with van der Waals surface area (Å²) in [5, 5.41) is 1.44. The van der Waals surface area contributed by atoms with Crippen LogP contribution in [0.4, 0.5) is 4.79 Å². The molecule has 5 nitrogen and oxygen atoms in total. The maximum atomic E-state index is 11.5. The summed E-state index contributed by atoms with van der Waals surface area (Å²) in [5.74, 6) is 0. The maximum Gasteiger partial charge on any atom is 0.430 e. The van der Waals surface area contributed by atoms with Crippen molar-refractivity contribution in [1.29, 1.82) is 0 Å². The third-order valence-electron chi connectivity index (χ3n) is 1.94. The second kappa shape index (κ2) is 3.53. The number of aliphatic imine (C=N–C) groups is 1. The van der Waals surface area contributed by atoms with Crippen molar-refractivity contribution >= 4 is 12.3 Å². The van der Waals surface area contributed by atoms with Crippen molar-refractivity contribution in [3.05, 3.63) is 24.0 Å². The van der Waals surface area contributed by atoms with Gasteiger partial charge in [-0.05, 0) is 19.1 Å². The number of amides is 1. The van der Waals surface area contributed by atoms with Gasteiger partial charge in [0.1, 0.15) is 6.67 Å². The van der Waals surface area contributed by atoms with Gasteiger partial charge in [0.15, 0.2) is 0 Å². The molecule has 0 radical (unpaired) electrons. The van der Waals surface area contributed by atoms with E-state index in [9.17, 15) is 4.79 Å². The number of hydrogen-bond acceptors (Lipinski definition) is 3. The van der Waals surface area contributed by atoms with E-state index < -0.39 is 0 Å². The molecular weight excluding hydrogens is 182 g/mol. The second-order valence-corrected chi connectivity index (χ2v) is 2.83. The molecule has 0 saturated carbocycles. The molecule has 0 saturated heterocycles. The summed E-state index contributed by atoms with van der Waals surface area (Å²) < 4.78 is 6.63. The fraction of sp³-hybridized carbons (Fsp3) is 0.333. The van der Waals surface area contributed by atoms with E-state index in [2.05, 4.69) is 4.99 Å². The first kappa shape index (κ1) is 8.80. The van der Waals surface area contributed by atoms with Crippen LogP contribution in [-0.4, -0.2) is 30.3 Å². The van der Waals surface area contributed by atoms with Crippen LogP contribution >= 0.6 is 0 Å². The Labute approximate surface area is 81.6 Å². The lowest BCUT2D eigenvalue weighted by atomic mass is 10.4. The number of ether oxygens (including phenoxy) is 1. The Bertz CT molecular complexity index is 370. The van der Waals surface area contributed by atoms with E-state index in [-0.39, 0.29) is 6.09 Å². The van der Waals surface area contributed by atoms with E-state index in [1.807, 2.05) is 12.1 Å². The minimum atomic E-state index is -0.373. The molecule has 0 atom stereocenters. The summed E-state index contributed by atoms with van der Waals surface area (Å²) in [4.78, 5) is 15.5. The van der Waals surface area contributed by atoms with Crippen LogP contribution in [0.1, 0.15) is 12.6 Å². The molecule has 2 heterocycles. The average Bonchev–Trinajstić information content (AvgIpc) is 2.65. The first-order valence-electron chi connectivity index (χ1n) is 4.44. The molecule has 0 N–H and O–H groups in total. The third-order valence-corrected chi connectivity index (χ3v) is 1.94. The highest BCUT2D eigenvalue weighted by Crippen LogP contribution is 2.07. The highest BCUT2D eigenvalue weighted by atomic mass is 16.6. The Morgan fingerprint density at radius 3 is 3.36 bits per heavy atom. The van der Waals surface area contributed by atoms with Crippen LogP contribution in [0.5, 0.6) is 0 Å². The van der Waals surface area contributed by atoms with Gasteiger partial charge in [0.25, 0.3) is 0 Å². The van der Waals surface area contributed by atoms with Crippen LogP contribution in [0, 0.1) is 0 Å². The van der Waals surface area contributed by atoms with Crippen molar-refractivity contribution in [3.63, 3.8) is 0 Å². The minimum Gasteiger partial charge on any atom is -0.448 e. The molecule has 0 unspecified atom stereocenters.